The van der Waals surface area contributed by atoms with E-state index in [0.717, 1.165) is 19.3 Å². The second-order valence-electron chi connectivity index (χ2n) is 3.33. The third kappa shape index (κ3) is 3.81. The van der Waals surface area contributed by atoms with Crippen LogP contribution >= 0.6 is 0 Å². The molecule has 1 amide bonds. The van der Waals surface area contributed by atoms with E-state index in [9.17, 15) is 4.79 Å². The van der Waals surface area contributed by atoms with Crippen molar-refractivity contribution in [3.05, 3.63) is 12.7 Å². The van der Waals surface area contributed by atoms with Gasteiger partial charge >= 0.3 is 6.09 Å². The minimum absolute atomic E-state index is 0.187. The SMILES string of the molecule is C=CCC(CC)(CC)NC(=O)OCC. The van der Waals surface area contributed by atoms with Crippen LogP contribution in [-0.4, -0.2) is 18.2 Å². The molecule has 0 unspecified atom stereocenters. The lowest BCUT2D eigenvalue weighted by atomic mass is 9.89. The monoisotopic (exact) mass is 199 g/mol. The summed E-state index contributed by atoms with van der Waals surface area (Å²) in [5.74, 6) is 0. The number of carbonyl (C=O) groups is 1. The summed E-state index contributed by atoms with van der Waals surface area (Å²) in [7, 11) is 0. The lowest BCUT2D eigenvalue weighted by Gasteiger charge is -2.31. The molecule has 0 saturated carbocycles. The molecule has 0 heterocycles. The van der Waals surface area contributed by atoms with E-state index in [1.54, 1.807) is 6.92 Å². The number of hydrogen-bond acceptors (Lipinski definition) is 2. The minimum Gasteiger partial charge on any atom is -0.450 e. The molecule has 0 radical (unpaired) electrons. The van der Waals surface area contributed by atoms with Crippen LogP contribution < -0.4 is 5.32 Å². The quantitative estimate of drug-likeness (QED) is 0.668. The first-order valence-corrected chi connectivity index (χ1v) is 5.20. The topological polar surface area (TPSA) is 38.3 Å². The van der Waals surface area contributed by atoms with Gasteiger partial charge in [-0.3, -0.25) is 0 Å². The largest absolute Gasteiger partial charge is 0.450 e. The normalized spacial score (nSPS) is 10.8. The third-order valence-electron chi connectivity index (χ3n) is 2.53. The van der Waals surface area contributed by atoms with Crippen molar-refractivity contribution in [3.8, 4) is 0 Å². The predicted octanol–water partition coefficient (Wildman–Crippen LogP) is 2.87. The lowest BCUT2D eigenvalue weighted by Crippen LogP contribution is -2.47. The number of rotatable bonds is 6. The molecule has 82 valence electrons. The van der Waals surface area contributed by atoms with E-state index >= 15 is 0 Å². The fourth-order valence-corrected chi connectivity index (χ4v) is 1.43. The average molecular weight is 199 g/mol. The van der Waals surface area contributed by atoms with Crippen LogP contribution in [0.25, 0.3) is 0 Å². The van der Waals surface area contributed by atoms with Gasteiger partial charge in [0.05, 0.1) is 6.61 Å². The number of alkyl carbamates (subject to hydrolysis) is 1. The average Bonchev–Trinajstić information content (AvgIpc) is 2.17. The summed E-state index contributed by atoms with van der Waals surface area (Å²) >= 11 is 0. The molecule has 0 aromatic heterocycles. The molecule has 0 rings (SSSR count). The Bertz CT molecular complexity index is 186. The Hall–Kier alpha value is -0.990. The summed E-state index contributed by atoms with van der Waals surface area (Å²) in [5, 5.41) is 2.90. The van der Waals surface area contributed by atoms with Gasteiger partial charge in [0.1, 0.15) is 0 Å². The van der Waals surface area contributed by atoms with Crippen molar-refractivity contribution in [2.45, 2.75) is 45.6 Å². The van der Waals surface area contributed by atoms with Gasteiger partial charge in [-0.1, -0.05) is 19.9 Å². The second kappa shape index (κ2) is 6.46. The van der Waals surface area contributed by atoms with Crippen LogP contribution in [0.15, 0.2) is 12.7 Å². The third-order valence-corrected chi connectivity index (χ3v) is 2.53. The fourth-order valence-electron chi connectivity index (χ4n) is 1.43. The van der Waals surface area contributed by atoms with Crippen LogP contribution in [-0.2, 0) is 4.74 Å². The van der Waals surface area contributed by atoms with Crippen LogP contribution in [0.1, 0.15) is 40.0 Å². The second-order valence-corrected chi connectivity index (χ2v) is 3.33. The molecule has 1 N–H and O–H groups in total. The van der Waals surface area contributed by atoms with Crippen LogP contribution in [0.2, 0.25) is 0 Å². The summed E-state index contributed by atoms with van der Waals surface area (Å²) in [5.41, 5.74) is -0.187. The van der Waals surface area contributed by atoms with Gasteiger partial charge in [0.2, 0.25) is 0 Å². The molecule has 14 heavy (non-hydrogen) atoms. The van der Waals surface area contributed by atoms with E-state index in [4.69, 9.17) is 4.74 Å². The van der Waals surface area contributed by atoms with Gasteiger partial charge < -0.3 is 10.1 Å². The molecular weight excluding hydrogens is 178 g/mol. The van der Waals surface area contributed by atoms with Crippen molar-refractivity contribution in [2.75, 3.05) is 6.61 Å². The first kappa shape index (κ1) is 13.0. The van der Waals surface area contributed by atoms with Crippen LogP contribution in [0.4, 0.5) is 4.79 Å². The summed E-state index contributed by atoms with van der Waals surface area (Å²) in [6, 6.07) is 0. The molecule has 0 bridgehead atoms. The highest BCUT2D eigenvalue weighted by atomic mass is 16.5. The van der Waals surface area contributed by atoms with Gasteiger partial charge in [-0.25, -0.2) is 4.79 Å². The van der Waals surface area contributed by atoms with E-state index in [2.05, 4.69) is 25.7 Å². The number of hydrogen-bond donors (Lipinski definition) is 1. The Morgan fingerprint density at radius 3 is 2.36 bits per heavy atom. The predicted molar refractivity (Wildman–Crippen MR) is 58.3 cm³/mol. The zero-order chi connectivity index (χ0) is 11.0. The molecule has 0 aliphatic rings. The highest BCUT2D eigenvalue weighted by Crippen LogP contribution is 2.20. The Balaban J connectivity index is 4.33. The maximum atomic E-state index is 11.3. The standard InChI is InChI=1S/C11H21NO2/c1-5-9-11(6-2,7-3)12-10(13)14-8-4/h5H,1,6-9H2,2-4H3,(H,12,13). The Kier molecular flexibility index (Phi) is 6.00. The maximum Gasteiger partial charge on any atom is 0.407 e. The van der Waals surface area contributed by atoms with Crippen LogP contribution in [0.3, 0.4) is 0 Å². The van der Waals surface area contributed by atoms with Crippen LogP contribution in [0, 0.1) is 0 Å². The van der Waals surface area contributed by atoms with E-state index in [-0.39, 0.29) is 11.6 Å². The lowest BCUT2D eigenvalue weighted by molar-refractivity contribution is 0.135. The van der Waals surface area contributed by atoms with Crippen molar-refractivity contribution in [2.24, 2.45) is 0 Å². The molecule has 0 aromatic rings. The number of ether oxygens (including phenoxy) is 1. The zero-order valence-corrected chi connectivity index (χ0v) is 9.43. The highest BCUT2D eigenvalue weighted by Gasteiger charge is 2.26. The van der Waals surface area contributed by atoms with Gasteiger partial charge in [0.25, 0.3) is 0 Å². The molecule has 0 aliphatic heterocycles. The molecule has 0 aliphatic carbocycles. The van der Waals surface area contributed by atoms with Crippen molar-refractivity contribution in [1.29, 1.82) is 0 Å². The van der Waals surface area contributed by atoms with Gasteiger partial charge in [0, 0.05) is 5.54 Å². The van der Waals surface area contributed by atoms with Gasteiger partial charge in [-0.05, 0) is 26.2 Å². The molecular formula is C11H21NO2. The van der Waals surface area contributed by atoms with Gasteiger partial charge in [-0.2, -0.15) is 0 Å². The summed E-state index contributed by atoms with van der Waals surface area (Å²) < 4.78 is 4.86. The Morgan fingerprint density at radius 2 is 2.00 bits per heavy atom. The first-order valence-electron chi connectivity index (χ1n) is 5.20. The van der Waals surface area contributed by atoms with Crippen molar-refractivity contribution < 1.29 is 9.53 Å². The molecule has 0 atom stereocenters. The number of nitrogens with one attached hydrogen (secondary N) is 1. The smallest absolute Gasteiger partial charge is 0.407 e. The molecule has 0 spiro atoms. The van der Waals surface area contributed by atoms with Gasteiger partial charge in [-0.15, -0.1) is 6.58 Å². The number of carbonyl (C=O) groups excluding carboxylic acids is 1. The first-order chi connectivity index (χ1) is 6.64. The van der Waals surface area contributed by atoms with Crippen molar-refractivity contribution in [3.63, 3.8) is 0 Å². The molecule has 3 heteroatoms. The van der Waals surface area contributed by atoms with E-state index in [0.29, 0.717) is 6.61 Å². The fraction of sp³-hybridized carbons (Fsp3) is 0.727. The molecule has 3 nitrogen and oxygen atoms in total. The summed E-state index contributed by atoms with van der Waals surface area (Å²) in [6.45, 7) is 10.0. The minimum atomic E-state index is -0.335. The van der Waals surface area contributed by atoms with E-state index in [1.165, 1.54) is 0 Å². The molecule has 0 fully saturated rings. The number of amides is 1. The molecule has 0 aromatic carbocycles. The van der Waals surface area contributed by atoms with Gasteiger partial charge in [0.15, 0.2) is 0 Å². The van der Waals surface area contributed by atoms with Crippen molar-refractivity contribution >= 4 is 6.09 Å². The highest BCUT2D eigenvalue weighted by molar-refractivity contribution is 5.68. The molecule has 0 saturated heterocycles. The van der Waals surface area contributed by atoms with E-state index in [1.807, 2.05) is 6.08 Å². The van der Waals surface area contributed by atoms with Crippen molar-refractivity contribution in [1.82, 2.24) is 5.32 Å². The van der Waals surface area contributed by atoms with Crippen LogP contribution in [0.5, 0.6) is 0 Å². The summed E-state index contributed by atoms with van der Waals surface area (Å²) in [6.07, 6.45) is 4.04. The van der Waals surface area contributed by atoms with E-state index < -0.39 is 0 Å². The summed E-state index contributed by atoms with van der Waals surface area (Å²) in [4.78, 5) is 11.3. The Labute approximate surface area is 86.5 Å². The Morgan fingerprint density at radius 1 is 1.43 bits per heavy atom. The maximum absolute atomic E-state index is 11.3. The zero-order valence-electron chi connectivity index (χ0n) is 9.43.